The zero-order valence-corrected chi connectivity index (χ0v) is 15.5. The van der Waals surface area contributed by atoms with Crippen LogP contribution in [0, 0.1) is 20.8 Å². The number of benzene rings is 3. The van der Waals surface area contributed by atoms with Gasteiger partial charge in [0, 0.05) is 15.4 Å². The van der Waals surface area contributed by atoms with Gasteiger partial charge in [0.15, 0.2) is 0 Å². The van der Waals surface area contributed by atoms with Crippen molar-refractivity contribution in [1.82, 2.24) is 0 Å². The Morgan fingerprint density at radius 3 is 2.20 bits per heavy atom. The highest BCUT2D eigenvalue weighted by atomic mass is 32.2. The highest BCUT2D eigenvalue weighted by Crippen LogP contribution is 2.33. The maximum atomic E-state index is 12.8. The molecule has 1 N–H and O–H groups in total. The minimum absolute atomic E-state index is 0.0679. The summed E-state index contributed by atoms with van der Waals surface area (Å²) in [7, 11) is 0. The van der Waals surface area contributed by atoms with E-state index in [1.165, 1.54) is 5.56 Å². The number of hydrogen-bond donors (Lipinski definition) is 1. The first kappa shape index (κ1) is 17.3. The summed E-state index contributed by atoms with van der Waals surface area (Å²) < 4.78 is 0. The molecule has 3 aromatic carbocycles. The van der Waals surface area contributed by atoms with E-state index in [0.29, 0.717) is 0 Å². The topological polar surface area (TPSA) is 29.1 Å². The van der Waals surface area contributed by atoms with Crippen LogP contribution in [0.1, 0.15) is 27.0 Å². The average Bonchev–Trinajstić information content (AvgIpc) is 2.60. The van der Waals surface area contributed by atoms with E-state index < -0.39 is 0 Å². The standard InChI is InChI=1S/C22H21NOS/c1-15-13-17(3)19(14-16(15)2)22(24)23-20-11-7-8-12-21(20)25-18-9-5-4-6-10-18/h4-14H,1-3H3,(H,23,24). The number of anilines is 1. The Labute approximate surface area is 153 Å². The first-order valence-corrected chi connectivity index (χ1v) is 9.07. The van der Waals surface area contributed by atoms with Crippen molar-refractivity contribution in [2.75, 3.05) is 5.32 Å². The highest BCUT2D eigenvalue weighted by Gasteiger charge is 2.13. The molecule has 0 unspecified atom stereocenters. The van der Waals surface area contributed by atoms with Crippen molar-refractivity contribution in [2.45, 2.75) is 30.6 Å². The number of hydrogen-bond acceptors (Lipinski definition) is 2. The molecule has 0 spiro atoms. The number of nitrogens with one attached hydrogen (secondary N) is 1. The number of amides is 1. The molecule has 3 heteroatoms. The van der Waals surface area contributed by atoms with E-state index in [-0.39, 0.29) is 5.91 Å². The zero-order chi connectivity index (χ0) is 17.8. The molecular weight excluding hydrogens is 326 g/mol. The third-order valence-corrected chi connectivity index (χ3v) is 5.28. The second-order valence-electron chi connectivity index (χ2n) is 6.12. The van der Waals surface area contributed by atoms with Crippen LogP contribution in [0.4, 0.5) is 5.69 Å². The third kappa shape index (κ3) is 4.12. The van der Waals surface area contributed by atoms with E-state index in [4.69, 9.17) is 0 Å². The van der Waals surface area contributed by atoms with Gasteiger partial charge < -0.3 is 5.32 Å². The molecule has 0 aliphatic carbocycles. The Bertz CT molecular complexity index is 903. The van der Waals surface area contributed by atoms with Crippen molar-refractivity contribution in [3.8, 4) is 0 Å². The molecule has 1 amide bonds. The maximum absolute atomic E-state index is 12.8. The first-order chi connectivity index (χ1) is 12.0. The van der Waals surface area contributed by atoms with Crippen LogP contribution in [0.25, 0.3) is 0 Å². The average molecular weight is 347 g/mol. The van der Waals surface area contributed by atoms with Crippen LogP contribution in [0.2, 0.25) is 0 Å². The van der Waals surface area contributed by atoms with Crippen LogP contribution in [-0.4, -0.2) is 5.91 Å². The van der Waals surface area contributed by atoms with Gasteiger partial charge in [0.25, 0.3) is 5.91 Å². The van der Waals surface area contributed by atoms with Crippen LogP contribution >= 0.6 is 11.8 Å². The smallest absolute Gasteiger partial charge is 0.255 e. The Morgan fingerprint density at radius 2 is 1.44 bits per heavy atom. The van der Waals surface area contributed by atoms with Gasteiger partial charge >= 0.3 is 0 Å². The second kappa shape index (κ2) is 7.58. The summed E-state index contributed by atoms with van der Waals surface area (Å²) in [5.41, 5.74) is 4.88. The van der Waals surface area contributed by atoms with Crippen molar-refractivity contribution in [3.63, 3.8) is 0 Å². The van der Waals surface area contributed by atoms with Gasteiger partial charge in [-0.3, -0.25) is 4.79 Å². The summed E-state index contributed by atoms with van der Waals surface area (Å²) in [5.74, 6) is -0.0679. The lowest BCUT2D eigenvalue weighted by molar-refractivity contribution is 0.102. The Morgan fingerprint density at radius 1 is 0.800 bits per heavy atom. The molecule has 0 aromatic heterocycles. The van der Waals surface area contributed by atoms with Crippen LogP contribution in [-0.2, 0) is 0 Å². The normalized spacial score (nSPS) is 10.5. The molecule has 25 heavy (non-hydrogen) atoms. The predicted octanol–water partition coefficient (Wildman–Crippen LogP) is 6.02. The third-order valence-electron chi connectivity index (χ3n) is 4.19. The fraction of sp³-hybridized carbons (Fsp3) is 0.136. The molecule has 0 bridgehead atoms. The van der Waals surface area contributed by atoms with Crippen molar-refractivity contribution in [2.24, 2.45) is 0 Å². The molecule has 0 radical (unpaired) electrons. The Hall–Kier alpha value is -2.52. The molecule has 2 nitrogen and oxygen atoms in total. The molecule has 0 saturated carbocycles. The monoisotopic (exact) mass is 347 g/mol. The van der Waals surface area contributed by atoms with Gasteiger partial charge in [-0.25, -0.2) is 0 Å². The van der Waals surface area contributed by atoms with Gasteiger partial charge in [-0.05, 0) is 67.8 Å². The molecule has 0 heterocycles. The number of carbonyl (C=O) groups is 1. The van der Waals surface area contributed by atoms with E-state index in [1.54, 1.807) is 11.8 Å². The second-order valence-corrected chi connectivity index (χ2v) is 7.23. The number of carbonyl (C=O) groups excluding carboxylic acids is 1. The molecule has 0 atom stereocenters. The van der Waals surface area contributed by atoms with Gasteiger partial charge in [-0.1, -0.05) is 48.2 Å². The minimum Gasteiger partial charge on any atom is -0.321 e. The number of aryl methyl sites for hydroxylation is 3. The van der Waals surface area contributed by atoms with E-state index in [9.17, 15) is 4.79 Å². The van der Waals surface area contributed by atoms with Crippen LogP contribution in [0.15, 0.2) is 76.5 Å². The molecule has 3 rings (SSSR count). The SMILES string of the molecule is Cc1cc(C)c(C(=O)Nc2ccccc2Sc2ccccc2)cc1C. The van der Waals surface area contributed by atoms with Gasteiger partial charge in [0.2, 0.25) is 0 Å². The lowest BCUT2D eigenvalue weighted by Gasteiger charge is -2.13. The van der Waals surface area contributed by atoms with Gasteiger partial charge in [0.05, 0.1) is 5.69 Å². The quantitative estimate of drug-likeness (QED) is 0.625. The molecule has 3 aromatic rings. The molecule has 0 fully saturated rings. The number of rotatable bonds is 4. The number of para-hydroxylation sites is 1. The van der Waals surface area contributed by atoms with Crippen LogP contribution in [0.5, 0.6) is 0 Å². The van der Waals surface area contributed by atoms with Crippen molar-refractivity contribution < 1.29 is 4.79 Å². The summed E-state index contributed by atoms with van der Waals surface area (Å²) in [6, 6.07) is 22.1. The van der Waals surface area contributed by atoms with E-state index in [0.717, 1.165) is 32.2 Å². The summed E-state index contributed by atoms with van der Waals surface area (Å²) >= 11 is 1.65. The predicted molar refractivity (Wildman–Crippen MR) is 106 cm³/mol. The summed E-state index contributed by atoms with van der Waals surface area (Å²) in [4.78, 5) is 15.0. The summed E-state index contributed by atoms with van der Waals surface area (Å²) in [6.07, 6.45) is 0. The molecule has 0 saturated heterocycles. The van der Waals surface area contributed by atoms with E-state index in [1.807, 2.05) is 62.4 Å². The lowest BCUT2D eigenvalue weighted by atomic mass is 10.0. The molecule has 0 aliphatic rings. The summed E-state index contributed by atoms with van der Waals surface area (Å²) in [6.45, 7) is 6.08. The van der Waals surface area contributed by atoms with Gasteiger partial charge in [0.1, 0.15) is 0 Å². The molecular formula is C22H21NOS. The molecule has 126 valence electrons. The van der Waals surface area contributed by atoms with Crippen molar-refractivity contribution >= 4 is 23.4 Å². The fourth-order valence-corrected chi connectivity index (χ4v) is 3.59. The largest absolute Gasteiger partial charge is 0.321 e. The minimum atomic E-state index is -0.0679. The Kier molecular flexibility index (Phi) is 5.25. The van der Waals surface area contributed by atoms with Gasteiger partial charge in [-0.2, -0.15) is 0 Å². The van der Waals surface area contributed by atoms with Crippen LogP contribution < -0.4 is 5.32 Å². The van der Waals surface area contributed by atoms with E-state index in [2.05, 4.69) is 30.4 Å². The maximum Gasteiger partial charge on any atom is 0.255 e. The van der Waals surface area contributed by atoms with Crippen molar-refractivity contribution in [3.05, 3.63) is 89.0 Å². The van der Waals surface area contributed by atoms with Crippen molar-refractivity contribution in [1.29, 1.82) is 0 Å². The van der Waals surface area contributed by atoms with E-state index >= 15 is 0 Å². The lowest BCUT2D eigenvalue weighted by Crippen LogP contribution is -2.14. The first-order valence-electron chi connectivity index (χ1n) is 8.26. The summed E-state index contributed by atoms with van der Waals surface area (Å²) in [5, 5.41) is 3.07. The highest BCUT2D eigenvalue weighted by molar-refractivity contribution is 7.99. The van der Waals surface area contributed by atoms with Gasteiger partial charge in [-0.15, -0.1) is 0 Å². The fourth-order valence-electron chi connectivity index (χ4n) is 2.67. The van der Waals surface area contributed by atoms with Crippen LogP contribution in [0.3, 0.4) is 0 Å². The Balaban J connectivity index is 1.86. The molecule has 0 aliphatic heterocycles. The zero-order valence-electron chi connectivity index (χ0n) is 14.7.